The maximum atomic E-state index is 14.4. The lowest BCUT2D eigenvalue weighted by molar-refractivity contribution is 0.0155. The minimum absolute atomic E-state index is 0.0204. The molecule has 1 aliphatic heterocycles. The molecule has 182 valence electrons. The first-order valence-corrected chi connectivity index (χ1v) is 11.3. The molecule has 0 saturated heterocycles. The Kier molecular flexibility index (Phi) is 5.95. The number of pyridine rings is 1. The Morgan fingerprint density at radius 2 is 1.94 bits per heavy atom. The molecular weight excluding hydrogens is 463 g/mol. The molecule has 4 N–H and O–H groups in total. The van der Waals surface area contributed by atoms with Gasteiger partial charge in [-0.05, 0) is 24.6 Å². The van der Waals surface area contributed by atoms with E-state index >= 15 is 0 Å². The highest BCUT2D eigenvalue weighted by molar-refractivity contribution is 5.94. The highest BCUT2D eigenvalue weighted by Gasteiger charge is 2.37. The highest BCUT2D eigenvalue weighted by atomic mass is 19.1. The molecule has 10 heteroatoms. The number of aliphatic hydroxyl groups is 1. The van der Waals surface area contributed by atoms with E-state index in [-0.39, 0.29) is 23.6 Å². The van der Waals surface area contributed by atoms with Gasteiger partial charge in [0.05, 0.1) is 17.7 Å². The standard InChI is InChI=1S/C26H23FN6O3/c1-2-16-13-29-26(36,31-24(16)30-21-11-12-28-14-19(21)25(34)35)23-18-8-4-6-10-22(18)33(32-23)15-17-7-3-5-9-20(17)27/h3-14,31,36H,2,15H2,1H3,(H,28,30)(H,34,35). The van der Waals surface area contributed by atoms with E-state index in [1.165, 1.54) is 30.7 Å². The van der Waals surface area contributed by atoms with Gasteiger partial charge in [0.15, 0.2) is 0 Å². The fourth-order valence-corrected chi connectivity index (χ4v) is 4.12. The molecule has 0 fully saturated rings. The molecule has 9 nitrogen and oxygen atoms in total. The van der Waals surface area contributed by atoms with Crippen LogP contribution in [0, 0.1) is 5.82 Å². The van der Waals surface area contributed by atoms with Gasteiger partial charge < -0.3 is 20.8 Å². The van der Waals surface area contributed by atoms with Crippen LogP contribution in [0.2, 0.25) is 0 Å². The molecule has 2 aromatic carbocycles. The van der Waals surface area contributed by atoms with Gasteiger partial charge in [-0.1, -0.05) is 43.3 Å². The van der Waals surface area contributed by atoms with Gasteiger partial charge in [0.1, 0.15) is 22.9 Å². The summed E-state index contributed by atoms with van der Waals surface area (Å²) in [7, 11) is 0. The molecule has 36 heavy (non-hydrogen) atoms. The average Bonchev–Trinajstić information content (AvgIpc) is 3.25. The van der Waals surface area contributed by atoms with Gasteiger partial charge >= 0.3 is 5.97 Å². The summed E-state index contributed by atoms with van der Waals surface area (Å²) in [4.78, 5) is 19.9. The lowest BCUT2D eigenvalue weighted by atomic mass is 10.1. The number of halogens is 1. The largest absolute Gasteiger partial charge is 0.478 e. The number of carboxylic acids is 1. The summed E-state index contributed by atoms with van der Waals surface area (Å²) in [6.07, 6.45) is 4.82. The average molecular weight is 487 g/mol. The van der Waals surface area contributed by atoms with E-state index in [4.69, 9.17) is 0 Å². The molecule has 2 aromatic heterocycles. The molecule has 0 aliphatic carbocycles. The van der Waals surface area contributed by atoms with Gasteiger partial charge in [-0.15, -0.1) is 0 Å². The monoisotopic (exact) mass is 486 g/mol. The van der Waals surface area contributed by atoms with Crippen LogP contribution in [0.4, 0.5) is 10.1 Å². The molecule has 1 unspecified atom stereocenters. The molecule has 3 heterocycles. The molecule has 1 atom stereocenters. The number of aromatic nitrogens is 3. The number of benzene rings is 2. The molecule has 0 saturated carbocycles. The van der Waals surface area contributed by atoms with Crippen molar-refractivity contribution in [1.29, 1.82) is 0 Å². The number of rotatable bonds is 7. The van der Waals surface area contributed by atoms with Crippen LogP contribution in [0.3, 0.4) is 0 Å². The van der Waals surface area contributed by atoms with E-state index in [1.54, 1.807) is 22.9 Å². The van der Waals surface area contributed by atoms with Crippen LogP contribution in [-0.4, -0.2) is 37.2 Å². The third-order valence-corrected chi connectivity index (χ3v) is 5.99. The Labute approximate surface area is 205 Å². The molecule has 4 aromatic rings. The normalized spacial score (nSPS) is 17.3. The van der Waals surface area contributed by atoms with Crippen molar-refractivity contribution in [2.45, 2.75) is 25.7 Å². The minimum atomic E-state index is -1.96. The lowest BCUT2D eigenvalue weighted by Crippen LogP contribution is -2.45. The second kappa shape index (κ2) is 9.23. The van der Waals surface area contributed by atoms with Crippen molar-refractivity contribution in [3.63, 3.8) is 0 Å². The quantitative estimate of drug-likeness (QED) is 0.313. The number of carbonyl (C=O) groups is 1. The van der Waals surface area contributed by atoms with E-state index in [1.807, 2.05) is 31.2 Å². The van der Waals surface area contributed by atoms with Crippen LogP contribution in [-0.2, 0) is 12.4 Å². The van der Waals surface area contributed by atoms with Crippen molar-refractivity contribution in [2.75, 3.05) is 5.32 Å². The van der Waals surface area contributed by atoms with Crippen molar-refractivity contribution in [3.05, 3.63) is 101 Å². The van der Waals surface area contributed by atoms with Gasteiger partial charge in [0, 0.05) is 35.1 Å². The third-order valence-electron chi connectivity index (χ3n) is 5.99. The predicted molar refractivity (Wildman–Crippen MR) is 133 cm³/mol. The second-order valence-corrected chi connectivity index (χ2v) is 8.28. The zero-order valence-corrected chi connectivity index (χ0v) is 19.3. The Balaban J connectivity index is 1.54. The summed E-state index contributed by atoms with van der Waals surface area (Å²) in [6, 6.07) is 15.3. The summed E-state index contributed by atoms with van der Waals surface area (Å²) < 4.78 is 16.0. The third kappa shape index (κ3) is 4.18. The summed E-state index contributed by atoms with van der Waals surface area (Å²) in [5, 5.41) is 32.5. The van der Waals surface area contributed by atoms with Crippen molar-refractivity contribution >= 4 is 28.8 Å². The smallest absolute Gasteiger partial charge is 0.339 e. The zero-order chi connectivity index (χ0) is 25.3. The van der Waals surface area contributed by atoms with E-state index in [0.717, 1.165) is 5.57 Å². The number of hydrogen-bond acceptors (Lipinski definition) is 7. The van der Waals surface area contributed by atoms with E-state index in [2.05, 4.69) is 25.7 Å². The molecule has 0 amide bonds. The molecule has 5 rings (SSSR count). The Morgan fingerprint density at radius 1 is 1.17 bits per heavy atom. The Hall–Kier alpha value is -4.57. The number of aliphatic imine (C=N–C) groups is 1. The first-order chi connectivity index (χ1) is 17.4. The number of anilines is 1. The molecule has 0 spiro atoms. The van der Waals surface area contributed by atoms with Crippen LogP contribution in [0.15, 0.2) is 83.4 Å². The van der Waals surface area contributed by atoms with Gasteiger partial charge in [0.2, 0.25) is 0 Å². The summed E-state index contributed by atoms with van der Waals surface area (Å²) in [6.45, 7) is 2.07. The fourth-order valence-electron chi connectivity index (χ4n) is 4.12. The minimum Gasteiger partial charge on any atom is -0.478 e. The van der Waals surface area contributed by atoms with Crippen LogP contribution in [0.5, 0.6) is 0 Å². The van der Waals surface area contributed by atoms with Crippen molar-refractivity contribution in [3.8, 4) is 0 Å². The molecule has 0 bridgehead atoms. The predicted octanol–water partition coefficient (Wildman–Crippen LogP) is 3.83. The maximum absolute atomic E-state index is 14.4. The van der Waals surface area contributed by atoms with Crippen molar-refractivity contribution in [2.24, 2.45) is 4.99 Å². The van der Waals surface area contributed by atoms with Crippen LogP contribution in [0.1, 0.15) is 35.0 Å². The number of hydrogen-bond donors (Lipinski definition) is 4. The number of carboxylic acid groups (broad SMARTS) is 1. The Bertz CT molecular complexity index is 1530. The maximum Gasteiger partial charge on any atom is 0.339 e. The van der Waals surface area contributed by atoms with Crippen molar-refractivity contribution < 1.29 is 19.4 Å². The number of nitrogens with zero attached hydrogens (tertiary/aromatic N) is 4. The van der Waals surface area contributed by atoms with Crippen LogP contribution in [0.25, 0.3) is 10.9 Å². The van der Waals surface area contributed by atoms with Gasteiger partial charge in [-0.2, -0.15) is 5.10 Å². The van der Waals surface area contributed by atoms with E-state index in [0.29, 0.717) is 34.4 Å². The topological polar surface area (TPSA) is 125 Å². The fraction of sp³-hybridized carbons (Fsp3) is 0.154. The van der Waals surface area contributed by atoms with Crippen LogP contribution >= 0.6 is 0 Å². The van der Waals surface area contributed by atoms with Gasteiger partial charge in [-0.25, -0.2) is 14.2 Å². The number of fused-ring (bicyclic) bond motifs is 1. The summed E-state index contributed by atoms with van der Waals surface area (Å²) >= 11 is 0. The zero-order valence-electron chi connectivity index (χ0n) is 19.3. The summed E-state index contributed by atoms with van der Waals surface area (Å²) in [5.74, 6) is -3.06. The first kappa shape index (κ1) is 23.2. The molecule has 1 aliphatic rings. The Morgan fingerprint density at radius 3 is 2.72 bits per heavy atom. The number of nitrogens with one attached hydrogen (secondary N) is 2. The van der Waals surface area contributed by atoms with E-state index in [9.17, 15) is 19.4 Å². The summed E-state index contributed by atoms with van der Waals surface area (Å²) in [5.41, 5.74) is 2.39. The lowest BCUT2D eigenvalue weighted by Gasteiger charge is -2.31. The van der Waals surface area contributed by atoms with Gasteiger partial charge in [0.25, 0.3) is 5.85 Å². The molecular formula is C26H23FN6O3. The number of aromatic carboxylic acids is 1. The van der Waals surface area contributed by atoms with E-state index < -0.39 is 11.8 Å². The number of para-hydroxylation sites is 1. The van der Waals surface area contributed by atoms with Crippen LogP contribution < -0.4 is 10.6 Å². The highest BCUT2D eigenvalue weighted by Crippen LogP contribution is 2.32. The number of allylic oxidation sites excluding steroid dienone is 1. The SMILES string of the molecule is CCC1=C(Nc2ccncc2C(=O)O)NC(O)(c2nn(Cc3ccccc3F)c3ccccc23)N=C1. The first-order valence-electron chi connectivity index (χ1n) is 11.3. The van der Waals surface area contributed by atoms with Crippen molar-refractivity contribution in [1.82, 2.24) is 20.1 Å². The van der Waals surface area contributed by atoms with Gasteiger partial charge in [-0.3, -0.25) is 9.67 Å². The second-order valence-electron chi connectivity index (χ2n) is 8.28. The molecule has 0 radical (unpaired) electrons.